The molecule has 0 fully saturated rings. The zero-order chi connectivity index (χ0) is 19.8. The van der Waals surface area contributed by atoms with E-state index in [9.17, 15) is 4.79 Å². The summed E-state index contributed by atoms with van der Waals surface area (Å²) in [5.41, 5.74) is 6.15. The van der Waals surface area contributed by atoms with Crippen LogP contribution in [0.1, 0.15) is 125 Å². The Morgan fingerprint density at radius 1 is 0.885 bits per heavy atom. The van der Waals surface area contributed by atoms with Gasteiger partial charge in [-0.05, 0) is 45.4 Å². The Kier molecular flexibility index (Phi) is 15.1. The van der Waals surface area contributed by atoms with Crippen molar-refractivity contribution in [3.05, 3.63) is 0 Å². The van der Waals surface area contributed by atoms with Gasteiger partial charge >= 0.3 is 0 Å². The quantitative estimate of drug-likeness (QED) is 0.294. The minimum atomic E-state index is -0.174. The van der Waals surface area contributed by atoms with Crippen LogP contribution in [0.2, 0.25) is 0 Å². The molecule has 0 aliphatic heterocycles. The number of nitrogens with one attached hydrogen (secondary N) is 1. The van der Waals surface area contributed by atoms with Crippen LogP contribution in [0.3, 0.4) is 0 Å². The van der Waals surface area contributed by atoms with Gasteiger partial charge in [-0.15, -0.1) is 0 Å². The number of unbranched alkanes of at least 4 members (excludes halogenated alkanes) is 8. The van der Waals surface area contributed by atoms with Gasteiger partial charge in [0.25, 0.3) is 0 Å². The van der Waals surface area contributed by atoms with Gasteiger partial charge in [0.1, 0.15) is 0 Å². The Labute approximate surface area is 164 Å². The molecule has 0 saturated carbocycles. The fourth-order valence-corrected chi connectivity index (χ4v) is 3.85. The molecule has 26 heavy (non-hydrogen) atoms. The van der Waals surface area contributed by atoms with E-state index in [2.05, 4.69) is 39.9 Å². The SMILES string of the molecule is CCCCCCCC(=O)NC(CC)C(CCCCCCC)CC(C)(C)N. The van der Waals surface area contributed by atoms with E-state index in [0.717, 1.165) is 19.3 Å². The molecule has 0 aromatic heterocycles. The third-order valence-electron chi connectivity index (χ3n) is 5.33. The highest BCUT2D eigenvalue weighted by Crippen LogP contribution is 2.25. The summed E-state index contributed by atoms with van der Waals surface area (Å²) >= 11 is 0. The van der Waals surface area contributed by atoms with Gasteiger partial charge in [0, 0.05) is 18.0 Å². The summed E-state index contributed by atoms with van der Waals surface area (Å²) in [6, 6.07) is 0.271. The van der Waals surface area contributed by atoms with Crippen LogP contribution in [-0.2, 0) is 4.79 Å². The number of carbonyl (C=O) groups is 1. The maximum Gasteiger partial charge on any atom is 0.220 e. The first kappa shape index (κ1) is 25.4. The van der Waals surface area contributed by atoms with Crippen molar-refractivity contribution in [1.82, 2.24) is 5.32 Å². The van der Waals surface area contributed by atoms with Gasteiger partial charge in [0.05, 0.1) is 0 Å². The van der Waals surface area contributed by atoms with Crippen LogP contribution in [0.4, 0.5) is 0 Å². The molecule has 0 aromatic rings. The molecule has 156 valence electrons. The minimum Gasteiger partial charge on any atom is -0.353 e. The molecule has 0 aliphatic rings. The number of nitrogens with two attached hydrogens (primary N) is 1. The van der Waals surface area contributed by atoms with Gasteiger partial charge in [-0.1, -0.05) is 78.6 Å². The third kappa shape index (κ3) is 14.6. The Morgan fingerprint density at radius 3 is 1.92 bits per heavy atom. The van der Waals surface area contributed by atoms with E-state index in [1.54, 1.807) is 0 Å². The molecule has 0 spiro atoms. The molecule has 0 saturated heterocycles. The maximum atomic E-state index is 12.4. The molecule has 0 heterocycles. The van der Waals surface area contributed by atoms with E-state index in [-0.39, 0.29) is 17.5 Å². The summed E-state index contributed by atoms with van der Waals surface area (Å²) in [7, 11) is 0. The molecule has 1 amide bonds. The molecule has 0 radical (unpaired) electrons. The lowest BCUT2D eigenvalue weighted by Gasteiger charge is -2.32. The first-order valence-electron chi connectivity index (χ1n) is 11.4. The third-order valence-corrected chi connectivity index (χ3v) is 5.33. The van der Waals surface area contributed by atoms with Crippen molar-refractivity contribution in [3.63, 3.8) is 0 Å². The topological polar surface area (TPSA) is 55.1 Å². The molecule has 3 N–H and O–H groups in total. The van der Waals surface area contributed by atoms with Crippen molar-refractivity contribution in [2.45, 2.75) is 136 Å². The van der Waals surface area contributed by atoms with Gasteiger partial charge in [0.2, 0.25) is 5.91 Å². The summed E-state index contributed by atoms with van der Waals surface area (Å²) in [6.45, 7) is 10.9. The Morgan fingerprint density at radius 2 is 1.42 bits per heavy atom. The molecular weight excluding hydrogens is 320 g/mol. The largest absolute Gasteiger partial charge is 0.353 e. The van der Waals surface area contributed by atoms with E-state index in [1.165, 1.54) is 64.2 Å². The highest BCUT2D eigenvalue weighted by Gasteiger charge is 2.26. The van der Waals surface area contributed by atoms with Crippen molar-refractivity contribution in [2.75, 3.05) is 0 Å². The van der Waals surface area contributed by atoms with E-state index in [1.807, 2.05) is 0 Å². The standard InChI is InChI=1S/C23H48N2O/c1-6-9-11-13-15-17-20(19-23(4,5)24)21(8-3)25-22(26)18-16-14-12-10-7-2/h20-21H,6-19,24H2,1-5H3,(H,25,26). The second kappa shape index (κ2) is 15.5. The molecule has 0 aromatic carbocycles. The van der Waals surface area contributed by atoms with Crippen molar-refractivity contribution in [1.29, 1.82) is 0 Å². The number of rotatable bonds is 17. The van der Waals surface area contributed by atoms with Crippen LogP contribution in [-0.4, -0.2) is 17.5 Å². The second-order valence-corrected chi connectivity index (χ2v) is 8.90. The smallest absolute Gasteiger partial charge is 0.220 e. The minimum absolute atomic E-state index is 0.174. The lowest BCUT2D eigenvalue weighted by molar-refractivity contribution is -0.122. The zero-order valence-corrected chi connectivity index (χ0v) is 18.5. The number of hydrogen-bond acceptors (Lipinski definition) is 2. The van der Waals surface area contributed by atoms with Gasteiger partial charge in [-0.3, -0.25) is 4.79 Å². The van der Waals surface area contributed by atoms with Crippen LogP contribution >= 0.6 is 0 Å². The summed E-state index contributed by atoms with van der Waals surface area (Å²) in [5, 5.41) is 3.34. The lowest BCUT2D eigenvalue weighted by Crippen LogP contribution is -2.44. The Bertz CT molecular complexity index is 336. The second-order valence-electron chi connectivity index (χ2n) is 8.90. The Balaban J connectivity index is 4.45. The normalized spacial score (nSPS) is 14.2. The van der Waals surface area contributed by atoms with Crippen molar-refractivity contribution in [2.24, 2.45) is 11.7 Å². The maximum absolute atomic E-state index is 12.4. The van der Waals surface area contributed by atoms with Gasteiger partial charge < -0.3 is 11.1 Å². The molecule has 0 bridgehead atoms. The predicted octanol–water partition coefficient (Wildman–Crippen LogP) is 6.35. The predicted molar refractivity (Wildman–Crippen MR) is 115 cm³/mol. The van der Waals surface area contributed by atoms with Crippen LogP contribution in [0.25, 0.3) is 0 Å². The summed E-state index contributed by atoms with van der Waals surface area (Å²) in [6.07, 6.45) is 16.3. The van der Waals surface area contributed by atoms with Gasteiger partial charge in [-0.2, -0.15) is 0 Å². The Hall–Kier alpha value is -0.570. The molecule has 3 nitrogen and oxygen atoms in total. The molecule has 0 aliphatic carbocycles. The van der Waals surface area contributed by atoms with Crippen LogP contribution in [0.15, 0.2) is 0 Å². The van der Waals surface area contributed by atoms with Gasteiger partial charge in [0.15, 0.2) is 0 Å². The van der Waals surface area contributed by atoms with Crippen LogP contribution in [0.5, 0.6) is 0 Å². The van der Waals surface area contributed by atoms with Crippen molar-refractivity contribution >= 4 is 5.91 Å². The van der Waals surface area contributed by atoms with E-state index in [4.69, 9.17) is 5.73 Å². The van der Waals surface area contributed by atoms with Crippen LogP contribution < -0.4 is 11.1 Å². The average molecular weight is 369 g/mol. The van der Waals surface area contributed by atoms with Crippen LogP contribution in [0, 0.1) is 5.92 Å². The highest BCUT2D eigenvalue weighted by atomic mass is 16.1. The van der Waals surface area contributed by atoms with E-state index >= 15 is 0 Å². The first-order valence-corrected chi connectivity index (χ1v) is 11.4. The summed E-state index contributed by atoms with van der Waals surface area (Å²) in [5.74, 6) is 0.727. The van der Waals surface area contributed by atoms with Crippen molar-refractivity contribution < 1.29 is 4.79 Å². The fraction of sp³-hybridized carbons (Fsp3) is 0.957. The molecule has 0 rings (SSSR count). The first-order chi connectivity index (χ1) is 12.3. The highest BCUT2D eigenvalue weighted by molar-refractivity contribution is 5.76. The molecule has 2 atom stereocenters. The van der Waals surface area contributed by atoms with Gasteiger partial charge in [-0.25, -0.2) is 0 Å². The summed E-state index contributed by atoms with van der Waals surface area (Å²) in [4.78, 5) is 12.4. The number of carbonyl (C=O) groups excluding carboxylic acids is 1. The average Bonchev–Trinajstić information content (AvgIpc) is 2.57. The fourth-order valence-electron chi connectivity index (χ4n) is 3.85. The van der Waals surface area contributed by atoms with E-state index < -0.39 is 0 Å². The number of amides is 1. The number of hydrogen-bond donors (Lipinski definition) is 2. The lowest BCUT2D eigenvalue weighted by atomic mass is 9.82. The molecule has 3 heteroatoms. The van der Waals surface area contributed by atoms with E-state index in [0.29, 0.717) is 12.3 Å². The zero-order valence-electron chi connectivity index (χ0n) is 18.5. The monoisotopic (exact) mass is 368 g/mol. The molecular formula is C23H48N2O. The molecule has 2 unspecified atom stereocenters. The summed E-state index contributed by atoms with van der Waals surface area (Å²) < 4.78 is 0. The van der Waals surface area contributed by atoms with Crippen molar-refractivity contribution in [3.8, 4) is 0 Å².